The van der Waals surface area contributed by atoms with Gasteiger partial charge in [-0.15, -0.1) is 0 Å². The van der Waals surface area contributed by atoms with Crippen molar-refractivity contribution in [3.8, 4) is 11.5 Å². The van der Waals surface area contributed by atoms with Crippen molar-refractivity contribution in [3.05, 3.63) is 134 Å². The molecule has 8 heteroatoms. The van der Waals surface area contributed by atoms with Crippen LogP contribution in [0.3, 0.4) is 0 Å². The van der Waals surface area contributed by atoms with Crippen molar-refractivity contribution in [2.45, 2.75) is 13.0 Å². The molecule has 7 nitrogen and oxygen atoms in total. The Morgan fingerprint density at radius 2 is 1.85 bits per heavy atom. The summed E-state index contributed by atoms with van der Waals surface area (Å²) in [5, 5.41) is 2.96. The minimum Gasteiger partial charge on any atom is -0.497 e. The van der Waals surface area contributed by atoms with Gasteiger partial charge in [-0.1, -0.05) is 66.5 Å². The van der Waals surface area contributed by atoms with Crippen LogP contribution in [0.4, 0.5) is 5.69 Å². The summed E-state index contributed by atoms with van der Waals surface area (Å²) in [5.74, 6) is 1.03. The van der Waals surface area contributed by atoms with E-state index in [1.54, 1.807) is 24.7 Å². The van der Waals surface area contributed by atoms with Crippen molar-refractivity contribution in [2.75, 3.05) is 19.0 Å². The van der Waals surface area contributed by atoms with E-state index in [2.05, 4.69) is 11.9 Å². The molecule has 2 heterocycles. The Morgan fingerprint density at radius 3 is 2.56 bits per heavy atom. The molecule has 0 bridgehead atoms. The van der Waals surface area contributed by atoms with Crippen LogP contribution in [-0.4, -0.2) is 24.2 Å². The Hall–Kier alpha value is -4.69. The predicted molar refractivity (Wildman–Crippen MR) is 154 cm³/mol. The Balaban J connectivity index is 1.62. The van der Waals surface area contributed by atoms with Crippen molar-refractivity contribution >= 4 is 29.0 Å². The van der Waals surface area contributed by atoms with Crippen LogP contribution in [0.2, 0.25) is 0 Å². The molecule has 1 N–H and O–H groups in total. The van der Waals surface area contributed by atoms with Crippen molar-refractivity contribution in [1.29, 1.82) is 0 Å². The minimum atomic E-state index is -0.683. The number of hydrogen-bond acceptors (Lipinski definition) is 6. The third-order valence-electron chi connectivity index (χ3n) is 6.25. The zero-order valence-electron chi connectivity index (χ0n) is 21.6. The highest BCUT2D eigenvalue weighted by Crippen LogP contribution is 2.32. The number of para-hydroxylation sites is 1. The molecule has 39 heavy (non-hydrogen) atoms. The van der Waals surface area contributed by atoms with Crippen LogP contribution >= 0.6 is 11.3 Å². The fraction of sp³-hybridized carbons (Fsp3) is 0.129. The maximum absolute atomic E-state index is 13.9. The highest BCUT2D eigenvalue weighted by Gasteiger charge is 2.32. The summed E-state index contributed by atoms with van der Waals surface area (Å²) in [6.07, 6.45) is 3.51. The number of amides is 1. The molecule has 1 aromatic heterocycles. The van der Waals surface area contributed by atoms with Gasteiger partial charge < -0.3 is 14.8 Å². The maximum Gasteiger partial charge on any atom is 0.271 e. The number of nitrogens with one attached hydrogen (secondary N) is 1. The quantitative estimate of drug-likeness (QED) is 0.337. The number of nitrogens with zero attached hydrogens (tertiary/aromatic N) is 2. The molecule has 1 amide bonds. The van der Waals surface area contributed by atoms with E-state index in [0.717, 1.165) is 16.9 Å². The first-order valence-corrected chi connectivity index (χ1v) is 13.2. The number of ether oxygens (including phenoxy) is 2. The number of methoxy groups -OCH3 is 1. The lowest BCUT2D eigenvalue weighted by Gasteiger charge is -2.25. The molecule has 1 aliphatic heterocycles. The largest absolute Gasteiger partial charge is 0.497 e. The lowest BCUT2D eigenvalue weighted by molar-refractivity contribution is -0.113. The van der Waals surface area contributed by atoms with Crippen molar-refractivity contribution in [3.63, 3.8) is 0 Å². The van der Waals surface area contributed by atoms with Gasteiger partial charge in [0.2, 0.25) is 0 Å². The zero-order valence-corrected chi connectivity index (χ0v) is 22.4. The smallest absolute Gasteiger partial charge is 0.271 e. The van der Waals surface area contributed by atoms with Crippen LogP contribution in [0, 0.1) is 0 Å². The average Bonchev–Trinajstić information content (AvgIpc) is 3.26. The van der Waals surface area contributed by atoms with Gasteiger partial charge in [-0.3, -0.25) is 14.2 Å². The molecular weight excluding hydrogens is 510 g/mol. The van der Waals surface area contributed by atoms with Crippen LogP contribution in [0.25, 0.3) is 6.08 Å². The Bertz CT molecular complexity index is 1740. The molecule has 3 aromatic carbocycles. The molecule has 0 spiro atoms. The van der Waals surface area contributed by atoms with Crippen LogP contribution in [0.5, 0.6) is 11.5 Å². The molecule has 0 radical (unpaired) electrons. The highest BCUT2D eigenvalue weighted by molar-refractivity contribution is 7.07. The Labute approximate surface area is 229 Å². The number of benzene rings is 3. The van der Waals surface area contributed by atoms with E-state index in [-0.39, 0.29) is 11.5 Å². The molecule has 0 unspecified atom stereocenters. The van der Waals surface area contributed by atoms with Gasteiger partial charge in [0.05, 0.1) is 29.0 Å². The zero-order chi connectivity index (χ0) is 27.4. The van der Waals surface area contributed by atoms with Crippen molar-refractivity contribution in [1.82, 2.24) is 4.57 Å². The van der Waals surface area contributed by atoms with E-state index >= 15 is 0 Å². The summed E-state index contributed by atoms with van der Waals surface area (Å²) in [5.41, 5.74) is 2.98. The first-order valence-electron chi connectivity index (χ1n) is 12.3. The third kappa shape index (κ3) is 5.46. The van der Waals surface area contributed by atoms with Gasteiger partial charge in [0.15, 0.2) is 4.80 Å². The molecule has 0 aliphatic carbocycles. The number of carbonyl (C=O) groups is 1. The molecule has 4 aromatic rings. The van der Waals surface area contributed by atoms with E-state index < -0.39 is 6.04 Å². The summed E-state index contributed by atoms with van der Waals surface area (Å²) >= 11 is 1.29. The lowest BCUT2D eigenvalue weighted by atomic mass is 9.95. The summed E-state index contributed by atoms with van der Waals surface area (Å²) in [4.78, 5) is 32.7. The Morgan fingerprint density at radius 1 is 1.08 bits per heavy atom. The second-order valence-electron chi connectivity index (χ2n) is 8.85. The number of aromatic nitrogens is 1. The van der Waals surface area contributed by atoms with Gasteiger partial charge in [0.1, 0.15) is 18.1 Å². The topological polar surface area (TPSA) is 81.9 Å². The van der Waals surface area contributed by atoms with Gasteiger partial charge in [-0.05, 0) is 60.5 Å². The summed E-state index contributed by atoms with van der Waals surface area (Å²) in [6, 6.07) is 23.4. The van der Waals surface area contributed by atoms with Gasteiger partial charge in [0.25, 0.3) is 11.5 Å². The summed E-state index contributed by atoms with van der Waals surface area (Å²) in [6.45, 7) is 5.88. The van der Waals surface area contributed by atoms with Crippen LogP contribution in [-0.2, 0) is 4.79 Å². The number of fused-ring (bicyclic) bond motifs is 1. The molecule has 196 valence electrons. The van der Waals surface area contributed by atoms with Crippen LogP contribution in [0.15, 0.2) is 113 Å². The van der Waals surface area contributed by atoms with E-state index in [0.29, 0.717) is 38.6 Å². The van der Waals surface area contributed by atoms with Gasteiger partial charge in [0, 0.05) is 5.69 Å². The van der Waals surface area contributed by atoms with Crippen molar-refractivity contribution in [2.24, 2.45) is 4.99 Å². The number of allylic oxidation sites excluding steroid dienone is 1. The van der Waals surface area contributed by atoms with Crippen LogP contribution in [0.1, 0.15) is 24.1 Å². The monoisotopic (exact) mass is 537 g/mol. The summed E-state index contributed by atoms with van der Waals surface area (Å²) in [7, 11) is 1.59. The van der Waals surface area contributed by atoms with E-state index in [1.807, 2.05) is 84.9 Å². The number of anilines is 1. The van der Waals surface area contributed by atoms with E-state index in [4.69, 9.17) is 14.5 Å². The third-order valence-corrected chi connectivity index (χ3v) is 7.24. The maximum atomic E-state index is 13.9. The van der Waals surface area contributed by atoms with Crippen molar-refractivity contribution < 1.29 is 14.3 Å². The molecular formula is C31H27N3O4S. The first kappa shape index (κ1) is 25.9. The lowest BCUT2D eigenvalue weighted by Crippen LogP contribution is -2.40. The minimum absolute atomic E-state index is 0.226. The van der Waals surface area contributed by atoms with E-state index in [9.17, 15) is 9.59 Å². The average molecular weight is 538 g/mol. The SMILES string of the molecule is C=CCOc1ccc(/C=c2\sc3n(c2=O)[C@H](c2cccc(OC)c2)C(C(=O)Nc2ccccc2)=C(C)N=3)cc1. The fourth-order valence-electron chi connectivity index (χ4n) is 4.43. The first-order chi connectivity index (χ1) is 19.0. The molecule has 5 rings (SSSR count). The highest BCUT2D eigenvalue weighted by atomic mass is 32.1. The normalized spacial score (nSPS) is 14.8. The molecule has 1 aliphatic rings. The van der Waals surface area contributed by atoms with Gasteiger partial charge in [-0.25, -0.2) is 4.99 Å². The summed E-state index contributed by atoms with van der Waals surface area (Å²) < 4.78 is 13.1. The molecule has 0 saturated heterocycles. The second kappa shape index (κ2) is 11.4. The second-order valence-corrected chi connectivity index (χ2v) is 9.86. The van der Waals surface area contributed by atoms with Gasteiger partial charge >= 0.3 is 0 Å². The number of rotatable bonds is 8. The molecule has 0 fully saturated rings. The number of hydrogen-bond donors (Lipinski definition) is 1. The standard InChI is InChI=1S/C31H27N3O4S/c1-4-17-38-24-15-13-21(14-16-24)18-26-30(36)34-28(22-9-8-12-25(19-22)37-3)27(20(2)32-31(34)39-26)29(35)33-23-10-6-5-7-11-23/h4-16,18-19,28H,1,17H2,2-3H3,(H,33,35)/b26-18-/t28-/m1/s1. The van der Waals surface area contributed by atoms with Gasteiger partial charge in [-0.2, -0.15) is 0 Å². The van der Waals surface area contributed by atoms with E-state index in [1.165, 1.54) is 11.3 Å². The molecule has 0 saturated carbocycles. The number of thiazole rings is 1. The fourth-order valence-corrected chi connectivity index (χ4v) is 5.47. The number of carbonyl (C=O) groups excluding carboxylic acids is 1. The Kier molecular flexibility index (Phi) is 7.56. The van der Waals surface area contributed by atoms with Crippen LogP contribution < -0.4 is 29.7 Å². The predicted octanol–water partition coefficient (Wildman–Crippen LogP) is 4.45. The molecule has 1 atom stereocenters.